The molecule has 1 unspecified atom stereocenters. The molecule has 1 aliphatic heterocycles. The molecule has 0 saturated carbocycles. The molecule has 10 heteroatoms. The zero-order valence-corrected chi connectivity index (χ0v) is 20.5. The van der Waals surface area contributed by atoms with Gasteiger partial charge in [0.15, 0.2) is 0 Å². The highest BCUT2D eigenvalue weighted by molar-refractivity contribution is 5.83. The number of carbonyl (C=O) groups excluding carboxylic acids is 1. The first-order valence-electron chi connectivity index (χ1n) is 12.1. The summed E-state index contributed by atoms with van der Waals surface area (Å²) in [5.41, 5.74) is 0.476. The molecule has 0 spiro atoms. The third-order valence-electron chi connectivity index (χ3n) is 7.03. The van der Waals surface area contributed by atoms with Gasteiger partial charge in [-0.1, -0.05) is 36.4 Å². The molecular formula is C28H25F4N3O3. The van der Waals surface area contributed by atoms with Gasteiger partial charge in [0.1, 0.15) is 23.4 Å². The predicted octanol–water partition coefficient (Wildman–Crippen LogP) is 5.21. The van der Waals surface area contributed by atoms with Crippen LogP contribution in [0.4, 0.5) is 23.2 Å². The number of ether oxygens (including phenoxy) is 1. The number of hydrogen-bond donors (Lipinski definition) is 0. The third kappa shape index (κ3) is 4.44. The normalized spacial score (nSPS) is 15.8. The average molecular weight is 528 g/mol. The monoisotopic (exact) mass is 527 g/mol. The summed E-state index contributed by atoms with van der Waals surface area (Å²) in [6.07, 6.45) is -3.30. The Balaban J connectivity index is 1.60. The van der Waals surface area contributed by atoms with Crippen LogP contribution in [0.15, 0.2) is 65.5 Å². The molecule has 1 aliphatic rings. The van der Waals surface area contributed by atoms with Gasteiger partial charge in [0.05, 0.1) is 36.5 Å². The van der Waals surface area contributed by atoms with Crippen LogP contribution in [-0.2, 0) is 23.9 Å². The van der Waals surface area contributed by atoms with E-state index in [9.17, 15) is 27.2 Å². The standard InChI is InChI=1S/C28H25F4N3O3/c1-38-24-11-5-10-23-26(24)34(16-19-6-2-3-8-21(19)28(30,31)32)27(37)35(23)20-12-14-33(17-20)25-18(13-15-36)7-4-9-22(25)29/h2-11,15,20H,12-14,16-17H2,1H3. The number of benzene rings is 3. The molecule has 1 aromatic heterocycles. The minimum Gasteiger partial charge on any atom is -0.494 e. The number of methoxy groups -OCH3 is 1. The summed E-state index contributed by atoms with van der Waals surface area (Å²) in [7, 11) is 1.44. The molecule has 0 amide bonds. The first kappa shape index (κ1) is 25.6. The van der Waals surface area contributed by atoms with Crippen LogP contribution in [0.5, 0.6) is 5.75 Å². The van der Waals surface area contributed by atoms with Crippen LogP contribution in [0.2, 0.25) is 0 Å². The van der Waals surface area contributed by atoms with Crippen molar-refractivity contribution < 1.29 is 27.1 Å². The Morgan fingerprint density at radius 2 is 1.76 bits per heavy atom. The summed E-state index contributed by atoms with van der Waals surface area (Å²) in [5, 5.41) is 0. The zero-order valence-electron chi connectivity index (χ0n) is 20.5. The fraction of sp³-hybridized carbons (Fsp3) is 0.286. The summed E-state index contributed by atoms with van der Waals surface area (Å²) < 4.78 is 64.3. The van der Waals surface area contributed by atoms with Crippen molar-refractivity contribution in [2.45, 2.75) is 31.6 Å². The lowest BCUT2D eigenvalue weighted by atomic mass is 10.1. The van der Waals surface area contributed by atoms with Crippen molar-refractivity contribution in [1.29, 1.82) is 0 Å². The molecule has 1 fully saturated rings. The number of hydrogen-bond acceptors (Lipinski definition) is 4. The predicted molar refractivity (Wildman–Crippen MR) is 135 cm³/mol. The van der Waals surface area contributed by atoms with E-state index in [4.69, 9.17) is 4.74 Å². The lowest BCUT2D eigenvalue weighted by Crippen LogP contribution is -2.30. The molecule has 0 N–H and O–H groups in total. The summed E-state index contributed by atoms with van der Waals surface area (Å²) in [4.78, 5) is 26.8. The van der Waals surface area contributed by atoms with Crippen LogP contribution in [0.25, 0.3) is 11.0 Å². The maximum atomic E-state index is 14.8. The largest absolute Gasteiger partial charge is 0.494 e. The average Bonchev–Trinajstić information content (AvgIpc) is 3.46. The molecule has 198 valence electrons. The van der Waals surface area contributed by atoms with Crippen molar-refractivity contribution in [3.8, 4) is 5.75 Å². The number of halogens is 4. The van der Waals surface area contributed by atoms with Gasteiger partial charge in [0.2, 0.25) is 0 Å². The maximum Gasteiger partial charge on any atom is 0.416 e. The smallest absolute Gasteiger partial charge is 0.416 e. The fourth-order valence-corrected chi connectivity index (χ4v) is 5.40. The molecule has 6 nitrogen and oxygen atoms in total. The number of aldehydes is 1. The Labute approximate surface area is 215 Å². The van der Waals surface area contributed by atoms with Gasteiger partial charge in [0, 0.05) is 19.5 Å². The van der Waals surface area contributed by atoms with Crippen LogP contribution in [0, 0.1) is 5.82 Å². The minimum atomic E-state index is -4.58. The summed E-state index contributed by atoms with van der Waals surface area (Å²) in [5.74, 6) is -0.0923. The number of nitrogens with zero attached hydrogens (tertiary/aromatic N) is 3. The van der Waals surface area contributed by atoms with E-state index in [1.165, 1.54) is 35.9 Å². The lowest BCUT2D eigenvalue weighted by Gasteiger charge is -2.22. The third-order valence-corrected chi connectivity index (χ3v) is 7.03. The number of fused-ring (bicyclic) bond motifs is 1. The fourth-order valence-electron chi connectivity index (χ4n) is 5.40. The van der Waals surface area contributed by atoms with Crippen molar-refractivity contribution in [3.63, 3.8) is 0 Å². The highest BCUT2D eigenvalue weighted by atomic mass is 19.4. The highest BCUT2D eigenvalue weighted by Crippen LogP contribution is 2.36. The van der Waals surface area contributed by atoms with Crippen LogP contribution >= 0.6 is 0 Å². The van der Waals surface area contributed by atoms with Crippen LogP contribution < -0.4 is 15.3 Å². The van der Waals surface area contributed by atoms with Gasteiger partial charge in [-0.05, 0) is 41.8 Å². The van der Waals surface area contributed by atoms with E-state index < -0.39 is 23.2 Å². The highest BCUT2D eigenvalue weighted by Gasteiger charge is 2.34. The van der Waals surface area contributed by atoms with Crippen molar-refractivity contribution in [1.82, 2.24) is 9.13 Å². The van der Waals surface area contributed by atoms with Crippen LogP contribution in [0.3, 0.4) is 0 Å². The number of para-hydroxylation sites is 2. The molecule has 0 aliphatic carbocycles. The Morgan fingerprint density at radius 3 is 2.50 bits per heavy atom. The molecule has 1 atom stereocenters. The van der Waals surface area contributed by atoms with E-state index in [2.05, 4.69) is 0 Å². The minimum absolute atomic E-state index is 0.0371. The molecular weight excluding hydrogens is 502 g/mol. The second kappa shape index (κ2) is 10.00. The SMILES string of the molecule is COc1cccc2c1n(Cc1ccccc1C(F)(F)F)c(=O)n2C1CCN(c2c(F)cccc2CC=O)C1. The summed E-state index contributed by atoms with van der Waals surface area (Å²) in [6.45, 7) is 0.436. The van der Waals surface area contributed by atoms with Crippen LogP contribution in [-0.4, -0.2) is 35.6 Å². The van der Waals surface area contributed by atoms with Gasteiger partial charge in [-0.15, -0.1) is 0 Å². The molecule has 0 bridgehead atoms. The van der Waals surface area contributed by atoms with Gasteiger partial charge in [-0.25, -0.2) is 9.18 Å². The van der Waals surface area contributed by atoms with Gasteiger partial charge in [0.25, 0.3) is 0 Å². The van der Waals surface area contributed by atoms with Gasteiger partial charge in [-0.3, -0.25) is 9.13 Å². The first-order valence-corrected chi connectivity index (χ1v) is 12.1. The molecule has 5 rings (SSSR count). The van der Waals surface area contributed by atoms with Gasteiger partial charge >= 0.3 is 11.9 Å². The maximum absolute atomic E-state index is 14.8. The number of carbonyl (C=O) groups is 1. The number of alkyl halides is 3. The lowest BCUT2D eigenvalue weighted by molar-refractivity contribution is -0.138. The van der Waals surface area contributed by atoms with Crippen LogP contribution in [0.1, 0.15) is 29.2 Å². The Bertz CT molecular complexity index is 1560. The molecule has 3 aromatic carbocycles. The molecule has 38 heavy (non-hydrogen) atoms. The van der Waals surface area contributed by atoms with E-state index in [-0.39, 0.29) is 24.6 Å². The zero-order chi connectivity index (χ0) is 27.0. The van der Waals surface area contributed by atoms with E-state index in [0.29, 0.717) is 47.5 Å². The van der Waals surface area contributed by atoms with E-state index in [1.807, 2.05) is 4.90 Å². The van der Waals surface area contributed by atoms with Gasteiger partial charge in [-0.2, -0.15) is 13.2 Å². The number of imidazole rings is 1. The van der Waals surface area contributed by atoms with E-state index in [1.54, 1.807) is 34.9 Å². The Hall–Kier alpha value is -4.08. The summed E-state index contributed by atoms with van der Waals surface area (Å²) >= 11 is 0. The molecule has 4 aromatic rings. The second-order valence-corrected chi connectivity index (χ2v) is 9.23. The molecule has 1 saturated heterocycles. The van der Waals surface area contributed by atoms with E-state index >= 15 is 0 Å². The van der Waals surface area contributed by atoms with Crippen molar-refractivity contribution in [2.75, 3.05) is 25.1 Å². The first-order chi connectivity index (χ1) is 18.2. The topological polar surface area (TPSA) is 56.5 Å². The molecule has 2 heterocycles. The number of aromatic nitrogens is 2. The summed E-state index contributed by atoms with van der Waals surface area (Å²) in [6, 6.07) is 14.5. The molecule has 0 radical (unpaired) electrons. The van der Waals surface area contributed by atoms with Gasteiger partial charge < -0.3 is 14.4 Å². The van der Waals surface area contributed by atoms with Crippen molar-refractivity contribution in [3.05, 3.63) is 93.7 Å². The second-order valence-electron chi connectivity index (χ2n) is 9.23. The number of rotatable bonds is 7. The van der Waals surface area contributed by atoms with Crippen molar-refractivity contribution in [2.24, 2.45) is 0 Å². The van der Waals surface area contributed by atoms with Crippen molar-refractivity contribution >= 4 is 23.0 Å². The Morgan fingerprint density at radius 1 is 1.03 bits per heavy atom. The van der Waals surface area contributed by atoms with E-state index in [0.717, 1.165) is 12.4 Å². The quantitative estimate of drug-likeness (QED) is 0.245. The number of anilines is 1. The Kier molecular flexibility index (Phi) is 6.73.